The van der Waals surface area contributed by atoms with Gasteiger partial charge >= 0.3 is 0 Å². The van der Waals surface area contributed by atoms with E-state index in [1.54, 1.807) is 18.5 Å². The monoisotopic (exact) mass is 256 g/mol. The number of furan rings is 1. The molecule has 0 unspecified atom stereocenters. The lowest BCUT2D eigenvalue weighted by Gasteiger charge is -2.00. The second-order valence-corrected chi connectivity index (χ2v) is 5.09. The van der Waals surface area contributed by atoms with Crippen LogP contribution in [0.4, 0.5) is 5.69 Å². The molecule has 0 aliphatic carbocycles. The molecule has 17 heavy (non-hydrogen) atoms. The van der Waals surface area contributed by atoms with Gasteiger partial charge in [-0.2, -0.15) is 5.10 Å². The molecule has 3 N–H and O–H groups in total. The van der Waals surface area contributed by atoms with Gasteiger partial charge in [0, 0.05) is 6.20 Å². The molecule has 8 heteroatoms. The van der Waals surface area contributed by atoms with Gasteiger partial charge in [0.2, 0.25) is 5.09 Å². The summed E-state index contributed by atoms with van der Waals surface area (Å²) in [6, 6.07) is 3.02. The lowest BCUT2D eigenvalue weighted by atomic mass is 10.4. The SMILES string of the molecule is CNS(=O)(=O)c1ccc(CNc2cn[nH]c2)o1. The Morgan fingerprint density at radius 1 is 1.47 bits per heavy atom. The maximum absolute atomic E-state index is 11.4. The first kappa shape index (κ1) is 11.7. The number of H-pyrrole nitrogens is 1. The van der Waals surface area contributed by atoms with Crippen molar-refractivity contribution in [3.63, 3.8) is 0 Å². The van der Waals surface area contributed by atoms with E-state index in [9.17, 15) is 8.42 Å². The molecule has 92 valence electrons. The lowest BCUT2D eigenvalue weighted by molar-refractivity contribution is 0.417. The van der Waals surface area contributed by atoms with E-state index in [1.807, 2.05) is 0 Å². The van der Waals surface area contributed by atoms with Gasteiger partial charge < -0.3 is 9.73 Å². The van der Waals surface area contributed by atoms with Gasteiger partial charge in [0.05, 0.1) is 18.4 Å². The molecule has 2 rings (SSSR count). The molecule has 7 nitrogen and oxygen atoms in total. The molecule has 0 fully saturated rings. The number of nitrogens with zero attached hydrogens (tertiary/aromatic N) is 1. The second kappa shape index (κ2) is 4.60. The quantitative estimate of drug-likeness (QED) is 0.724. The summed E-state index contributed by atoms with van der Waals surface area (Å²) < 4.78 is 30.2. The van der Waals surface area contributed by atoms with Crippen LogP contribution in [0, 0.1) is 0 Å². The van der Waals surface area contributed by atoms with Gasteiger partial charge in [-0.25, -0.2) is 13.1 Å². The molecule has 2 aromatic rings. The largest absolute Gasteiger partial charge is 0.446 e. The van der Waals surface area contributed by atoms with Crippen LogP contribution in [0.15, 0.2) is 34.0 Å². The van der Waals surface area contributed by atoms with E-state index in [-0.39, 0.29) is 5.09 Å². The van der Waals surface area contributed by atoms with Gasteiger partial charge in [-0.1, -0.05) is 0 Å². The van der Waals surface area contributed by atoms with Crippen molar-refractivity contribution in [1.29, 1.82) is 0 Å². The molecule has 0 saturated heterocycles. The van der Waals surface area contributed by atoms with Crippen molar-refractivity contribution in [3.8, 4) is 0 Å². The third-order valence-electron chi connectivity index (χ3n) is 2.14. The van der Waals surface area contributed by atoms with Crippen LogP contribution in [0.25, 0.3) is 0 Å². The van der Waals surface area contributed by atoms with Crippen molar-refractivity contribution in [2.45, 2.75) is 11.6 Å². The van der Waals surface area contributed by atoms with Crippen LogP contribution in [-0.2, 0) is 16.6 Å². The predicted molar refractivity (Wildman–Crippen MR) is 60.9 cm³/mol. The van der Waals surface area contributed by atoms with Crippen LogP contribution >= 0.6 is 0 Å². The van der Waals surface area contributed by atoms with Crippen molar-refractivity contribution in [2.24, 2.45) is 0 Å². The van der Waals surface area contributed by atoms with Crippen LogP contribution in [0.2, 0.25) is 0 Å². The minimum Gasteiger partial charge on any atom is -0.446 e. The summed E-state index contributed by atoms with van der Waals surface area (Å²) in [5.74, 6) is 0.528. The lowest BCUT2D eigenvalue weighted by Crippen LogP contribution is -2.17. The second-order valence-electron chi connectivity index (χ2n) is 3.27. The molecule has 0 atom stereocenters. The Morgan fingerprint density at radius 2 is 2.29 bits per heavy atom. The number of aromatic amines is 1. The number of hydrogen-bond donors (Lipinski definition) is 3. The highest BCUT2D eigenvalue weighted by Crippen LogP contribution is 2.14. The minimum absolute atomic E-state index is 0.0935. The fourth-order valence-corrected chi connectivity index (χ4v) is 1.90. The van der Waals surface area contributed by atoms with Crippen molar-refractivity contribution >= 4 is 15.7 Å². The number of nitrogens with one attached hydrogen (secondary N) is 3. The fourth-order valence-electron chi connectivity index (χ4n) is 1.24. The molecule has 0 aliphatic heterocycles. The number of hydrogen-bond acceptors (Lipinski definition) is 5. The van der Waals surface area contributed by atoms with Crippen LogP contribution in [0.1, 0.15) is 5.76 Å². The Kier molecular flexibility index (Phi) is 3.16. The van der Waals surface area contributed by atoms with Gasteiger partial charge in [-0.15, -0.1) is 0 Å². The van der Waals surface area contributed by atoms with E-state index < -0.39 is 10.0 Å². The Bertz CT molecular complexity index is 573. The summed E-state index contributed by atoms with van der Waals surface area (Å²) in [6.45, 7) is 0.388. The van der Waals surface area contributed by atoms with Crippen molar-refractivity contribution < 1.29 is 12.8 Å². The highest BCUT2D eigenvalue weighted by atomic mass is 32.2. The minimum atomic E-state index is -3.51. The first-order chi connectivity index (χ1) is 8.12. The fraction of sp³-hybridized carbons (Fsp3) is 0.222. The summed E-state index contributed by atoms with van der Waals surface area (Å²) in [6.07, 6.45) is 3.31. The third-order valence-corrected chi connectivity index (χ3v) is 3.42. The van der Waals surface area contributed by atoms with E-state index >= 15 is 0 Å². The molecule has 0 saturated carbocycles. The Labute approximate surface area is 98.3 Å². The molecule has 2 aromatic heterocycles. The van der Waals surface area contributed by atoms with Crippen LogP contribution in [0.5, 0.6) is 0 Å². The number of rotatable bonds is 5. The van der Waals surface area contributed by atoms with E-state index in [2.05, 4.69) is 20.2 Å². The summed E-state index contributed by atoms with van der Waals surface area (Å²) in [7, 11) is -2.18. The predicted octanol–water partition coefficient (Wildman–Crippen LogP) is 0.523. The molecular formula is C9H12N4O3S. The topological polar surface area (TPSA) is 100 Å². The highest BCUT2D eigenvalue weighted by molar-refractivity contribution is 7.89. The van der Waals surface area contributed by atoms with E-state index in [1.165, 1.54) is 13.1 Å². The molecule has 0 bridgehead atoms. The van der Waals surface area contributed by atoms with Crippen molar-refractivity contribution in [2.75, 3.05) is 12.4 Å². The average molecular weight is 256 g/mol. The van der Waals surface area contributed by atoms with Gasteiger partial charge in [0.15, 0.2) is 0 Å². The Balaban J connectivity index is 2.04. The molecule has 0 amide bonds. The highest BCUT2D eigenvalue weighted by Gasteiger charge is 2.15. The molecular weight excluding hydrogens is 244 g/mol. The first-order valence-electron chi connectivity index (χ1n) is 4.87. The van der Waals surface area contributed by atoms with Gasteiger partial charge in [0.25, 0.3) is 10.0 Å². The zero-order chi connectivity index (χ0) is 12.3. The van der Waals surface area contributed by atoms with E-state index in [0.717, 1.165) is 5.69 Å². The molecule has 2 heterocycles. The van der Waals surface area contributed by atoms with Crippen LogP contribution in [0.3, 0.4) is 0 Å². The number of anilines is 1. The third kappa shape index (κ3) is 2.66. The molecule has 0 aromatic carbocycles. The number of sulfonamides is 1. The number of aromatic nitrogens is 2. The van der Waals surface area contributed by atoms with Gasteiger partial charge in [0.1, 0.15) is 5.76 Å². The van der Waals surface area contributed by atoms with Crippen LogP contribution < -0.4 is 10.0 Å². The van der Waals surface area contributed by atoms with Crippen molar-refractivity contribution in [1.82, 2.24) is 14.9 Å². The zero-order valence-corrected chi connectivity index (χ0v) is 9.91. The maximum Gasteiger partial charge on any atom is 0.273 e. The summed E-state index contributed by atoms with van der Waals surface area (Å²) in [4.78, 5) is 0. The molecule has 0 aliphatic rings. The van der Waals surface area contributed by atoms with Crippen LogP contribution in [-0.4, -0.2) is 25.7 Å². The Morgan fingerprint density at radius 3 is 2.94 bits per heavy atom. The molecule has 0 radical (unpaired) electrons. The van der Waals surface area contributed by atoms with Gasteiger partial charge in [-0.05, 0) is 19.2 Å². The zero-order valence-electron chi connectivity index (χ0n) is 9.10. The smallest absolute Gasteiger partial charge is 0.273 e. The molecule has 0 spiro atoms. The summed E-state index contributed by atoms with van der Waals surface area (Å²) >= 11 is 0. The average Bonchev–Trinajstić information content (AvgIpc) is 2.97. The summed E-state index contributed by atoms with van der Waals surface area (Å²) in [5, 5.41) is 9.35. The van der Waals surface area contributed by atoms with Gasteiger partial charge in [-0.3, -0.25) is 5.10 Å². The van der Waals surface area contributed by atoms with E-state index in [4.69, 9.17) is 4.42 Å². The maximum atomic E-state index is 11.4. The summed E-state index contributed by atoms with van der Waals surface area (Å²) in [5.41, 5.74) is 0.805. The first-order valence-corrected chi connectivity index (χ1v) is 6.35. The normalized spacial score (nSPS) is 11.6. The Hall–Kier alpha value is -1.80. The standard InChI is InChI=1S/C9H12N4O3S/c1-10-17(14,15)9-3-2-8(16-9)6-11-7-4-12-13-5-7/h2-5,10-11H,6H2,1H3,(H,12,13). The van der Waals surface area contributed by atoms with Crippen molar-refractivity contribution in [3.05, 3.63) is 30.3 Å². The van der Waals surface area contributed by atoms with E-state index in [0.29, 0.717) is 12.3 Å².